The molecular weight excluding hydrogens is 373 g/mol. The van der Waals surface area contributed by atoms with Crippen LogP contribution in [0.4, 0.5) is 13.2 Å². The summed E-state index contributed by atoms with van der Waals surface area (Å²) in [5.74, 6) is 0. The molecule has 1 atom stereocenters. The van der Waals surface area contributed by atoms with E-state index >= 15 is 0 Å². The minimum atomic E-state index is -4.39. The van der Waals surface area contributed by atoms with Crippen molar-refractivity contribution in [1.29, 1.82) is 0 Å². The molecule has 1 aliphatic rings. The zero-order chi connectivity index (χ0) is 17.3. The second-order valence-corrected chi connectivity index (χ2v) is 7.52. The molecule has 0 radical (unpaired) electrons. The second kappa shape index (κ2) is 7.09. The third-order valence-corrected chi connectivity index (χ3v) is 4.69. The van der Waals surface area contributed by atoms with Crippen LogP contribution in [-0.2, 0) is 6.18 Å². The third kappa shape index (κ3) is 4.47. The Morgan fingerprint density at radius 2 is 1.83 bits per heavy atom. The van der Waals surface area contributed by atoms with Crippen LogP contribution in [0.3, 0.4) is 0 Å². The molecule has 1 heterocycles. The lowest BCUT2D eigenvalue weighted by Crippen LogP contribution is -2.49. The molecule has 2 N–H and O–H groups in total. The Morgan fingerprint density at radius 3 is 2.35 bits per heavy atom. The molecule has 0 aromatic heterocycles. The van der Waals surface area contributed by atoms with Gasteiger partial charge in [0.1, 0.15) is 0 Å². The Kier molecular flexibility index (Phi) is 5.76. The molecule has 3 nitrogen and oxygen atoms in total. The molecule has 1 fully saturated rings. The molecule has 1 aromatic carbocycles. The van der Waals surface area contributed by atoms with Crippen LogP contribution in [0.1, 0.15) is 31.0 Å². The van der Waals surface area contributed by atoms with Crippen LogP contribution in [0.15, 0.2) is 22.7 Å². The Morgan fingerprint density at radius 1 is 1.22 bits per heavy atom. The minimum absolute atomic E-state index is 0.102. The molecule has 130 valence electrons. The van der Waals surface area contributed by atoms with Crippen LogP contribution in [0.2, 0.25) is 0 Å². The molecule has 0 amide bonds. The first-order valence-electron chi connectivity index (χ1n) is 7.58. The van der Waals surface area contributed by atoms with Crippen molar-refractivity contribution in [3.8, 4) is 0 Å². The minimum Gasteiger partial charge on any atom is -0.396 e. The van der Waals surface area contributed by atoms with Crippen LogP contribution in [0.25, 0.3) is 0 Å². The summed E-state index contributed by atoms with van der Waals surface area (Å²) in [4.78, 5) is 2.15. The number of hydrogen-bond acceptors (Lipinski definition) is 3. The number of aliphatic hydroxyl groups is 1. The molecule has 0 saturated carbocycles. The highest BCUT2D eigenvalue weighted by atomic mass is 79.9. The molecule has 23 heavy (non-hydrogen) atoms. The number of halogens is 4. The molecule has 0 bridgehead atoms. The van der Waals surface area contributed by atoms with Crippen molar-refractivity contribution in [2.75, 3.05) is 32.8 Å². The van der Waals surface area contributed by atoms with Crippen LogP contribution in [0, 0.1) is 5.41 Å². The van der Waals surface area contributed by atoms with Gasteiger partial charge in [-0.2, -0.15) is 13.2 Å². The summed E-state index contributed by atoms with van der Waals surface area (Å²) in [5.41, 5.74) is -0.649. The predicted molar refractivity (Wildman–Crippen MR) is 87.2 cm³/mol. The highest BCUT2D eigenvalue weighted by Crippen LogP contribution is 2.41. The van der Waals surface area contributed by atoms with Crippen molar-refractivity contribution in [2.45, 2.75) is 26.1 Å². The van der Waals surface area contributed by atoms with Gasteiger partial charge in [0, 0.05) is 48.7 Å². The summed E-state index contributed by atoms with van der Waals surface area (Å²) in [6.45, 7) is 6.72. The quantitative estimate of drug-likeness (QED) is 0.820. The predicted octanol–water partition coefficient (Wildman–Crippen LogP) is 3.43. The van der Waals surface area contributed by atoms with Gasteiger partial charge in [0.2, 0.25) is 0 Å². The van der Waals surface area contributed by atoms with Crippen molar-refractivity contribution in [3.05, 3.63) is 33.8 Å². The van der Waals surface area contributed by atoms with Crippen molar-refractivity contribution in [1.82, 2.24) is 10.2 Å². The number of benzene rings is 1. The summed E-state index contributed by atoms with van der Waals surface area (Å²) in [5, 5.41) is 13.0. The van der Waals surface area contributed by atoms with E-state index in [1.54, 1.807) is 6.07 Å². The van der Waals surface area contributed by atoms with E-state index in [2.05, 4.69) is 26.1 Å². The van der Waals surface area contributed by atoms with Gasteiger partial charge in [0.15, 0.2) is 0 Å². The molecule has 2 rings (SSSR count). The number of nitrogens with zero attached hydrogens (tertiary/aromatic N) is 1. The van der Waals surface area contributed by atoms with Gasteiger partial charge in [-0.3, -0.25) is 4.90 Å². The van der Waals surface area contributed by atoms with Crippen LogP contribution < -0.4 is 5.32 Å². The number of aliphatic hydroxyl groups excluding tert-OH is 1. The summed E-state index contributed by atoms with van der Waals surface area (Å²) < 4.78 is 39.8. The SMILES string of the molecule is CC(C)(CO)[C@@H](c1cc(Br)cc(C(F)(F)F)c1)N1CCNCC1. The zero-order valence-electron chi connectivity index (χ0n) is 13.3. The van der Waals surface area contributed by atoms with E-state index in [4.69, 9.17) is 0 Å². The smallest absolute Gasteiger partial charge is 0.396 e. The lowest BCUT2D eigenvalue weighted by Gasteiger charge is -2.43. The number of alkyl halides is 3. The lowest BCUT2D eigenvalue weighted by molar-refractivity contribution is -0.137. The van der Waals surface area contributed by atoms with Crippen molar-refractivity contribution >= 4 is 15.9 Å². The molecule has 1 saturated heterocycles. The standard InChI is InChI=1S/C16H22BrF3N2O/c1-15(2,10-23)14(22-5-3-21-4-6-22)11-7-12(16(18,19)20)9-13(17)8-11/h7-9,14,21,23H,3-6,10H2,1-2H3/t14-/m1/s1. The number of rotatable bonds is 4. The maximum atomic E-state index is 13.1. The summed E-state index contributed by atoms with van der Waals surface area (Å²) in [7, 11) is 0. The fourth-order valence-electron chi connectivity index (χ4n) is 3.12. The van der Waals surface area contributed by atoms with E-state index in [1.807, 2.05) is 13.8 Å². The average molecular weight is 395 g/mol. The molecule has 0 aliphatic carbocycles. The maximum Gasteiger partial charge on any atom is 0.416 e. The summed E-state index contributed by atoms with van der Waals surface area (Å²) >= 11 is 3.19. The van der Waals surface area contributed by atoms with Crippen LogP contribution in [0.5, 0.6) is 0 Å². The van der Waals surface area contributed by atoms with E-state index in [1.165, 1.54) is 6.07 Å². The van der Waals surface area contributed by atoms with Gasteiger partial charge in [-0.05, 0) is 23.8 Å². The fraction of sp³-hybridized carbons (Fsp3) is 0.625. The molecule has 0 unspecified atom stereocenters. The first kappa shape index (κ1) is 18.7. The van der Waals surface area contributed by atoms with Crippen molar-refractivity contribution in [2.24, 2.45) is 5.41 Å². The average Bonchev–Trinajstić information content (AvgIpc) is 2.47. The Bertz CT molecular complexity index is 543. The third-order valence-electron chi connectivity index (χ3n) is 4.23. The van der Waals surface area contributed by atoms with Crippen LogP contribution >= 0.6 is 15.9 Å². The van der Waals surface area contributed by atoms with Gasteiger partial charge >= 0.3 is 6.18 Å². The molecule has 7 heteroatoms. The Balaban J connectivity index is 2.48. The van der Waals surface area contributed by atoms with Gasteiger partial charge in [-0.25, -0.2) is 0 Å². The zero-order valence-corrected chi connectivity index (χ0v) is 14.8. The fourth-order valence-corrected chi connectivity index (χ4v) is 3.63. The highest BCUT2D eigenvalue weighted by Gasteiger charge is 2.38. The largest absolute Gasteiger partial charge is 0.416 e. The lowest BCUT2D eigenvalue weighted by atomic mass is 9.79. The van der Waals surface area contributed by atoms with E-state index in [0.717, 1.165) is 32.2 Å². The normalized spacial score (nSPS) is 18.9. The highest BCUT2D eigenvalue weighted by molar-refractivity contribution is 9.10. The van der Waals surface area contributed by atoms with Gasteiger partial charge in [0.05, 0.1) is 5.56 Å². The Labute approximate surface area is 143 Å². The number of hydrogen-bond donors (Lipinski definition) is 2. The number of nitrogens with one attached hydrogen (secondary N) is 1. The molecule has 1 aromatic rings. The first-order valence-corrected chi connectivity index (χ1v) is 8.38. The summed E-state index contributed by atoms with van der Waals surface area (Å²) in [6.07, 6.45) is -4.39. The van der Waals surface area contributed by atoms with E-state index in [-0.39, 0.29) is 12.6 Å². The summed E-state index contributed by atoms with van der Waals surface area (Å²) in [6, 6.07) is 3.73. The van der Waals surface area contributed by atoms with Gasteiger partial charge in [-0.15, -0.1) is 0 Å². The molecular formula is C16H22BrF3N2O. The van der Waals surface area contributed by atoms with Crippen molar-refractivity contribution < 1.29 is 18.3 Å². The van der Waals surface area contributed by atoms with Gasteiger partial charge in [0.25, 0.3) is 0 Å². The van der Waals surface area contributed by atoms with Gasteiger partial charge in [-0.1, -0.05) is 29.8 Å². The number of piperazine rings is 1. The topological polar surface area (TPSA) is 35.5 Å². The van der Waals surface area contributed by atoms with Gasteiger partial charge < -0.3 is 10.4 Å². The van der Waals surface area contributed by atoms with Crippen LogP contribution in [-0.4, -0.2) is 42.8 Å². The van der Waals surface area contributed by atoms with E-state index < -0.39 is 17.2 Å². The molecule has 0 spiro atoms. The van der Waals surface area contributed by atoms with E-state index in [9.17, 15) is 18.3 Å². The Hall–Kier alpha value is -0.630. The maximum absolute atomic E-state index is 13.1. The monoisotopic (exact) mass is 394 g/mol. The van der Waals surface area contributed by atoms with E-state index in [0.29, 0.717) is 10.0 Å². The first-order chi connectivity index (χ1) is 10.6. The second-order valence-electron chi connectivity index (χ2n) is 6.61. The van der Waals surface area contributed by atoms with Crippen molar-refractivity contribution in [3.63, 3.8) is 0 Å². The molecule has 1 aliphatic heterocycles.